The zero-order valence-electron chi connectivity index (χ0n) is 17.2. The number of amides is 2. The number of nitrogens with zero attached hydrogens (tertiary/aromatic N) is 3. The molecule has 0 fully saturated rings. The van der Waals surface area contributed by atoms with Crippen molar-refractivity contribution >= 4 is 28.8 Å². The summed E-state index contributed by atoms with van der Waals surface area (Å²) in [6.45, 7) is 4.00. The average Bonchev–Trinajstić information content (AvgIpc) is 3.32. The zero-order chi connectivity index (χ0) is 22.7. The molecule has 2 heterocycles. The van der Waals surface area contributed by atoms with E-state index in [2.05, 4.69) is 10.3 Å². The van der Waals surface area contributed by atoms with E-state index in [0.29, 0.717) is 46.3 Å². The maximum atomic E-state index is 11.8. The Labute approximate surface area is 181 Å². The van der Waals surface area contributed by atoms with E-state index in [1.807, 2.05) is 4.57 Å². The van der Waals surface area contributed by atoms with Gasteiger partial charge in [0.1, 0.15) is 5.01 Å². The smallest absolute Gasteiger partial charge is 0.311 e. The molecular formula is C20H21N5O5S. The lowest BCUT2D eigenvalue weighted by Gasteiger charge is -2.11. The molecule has 0 unspecified atom stereocenters. The maximum Gasteiger partial charge on any atom is 0.311 e. The van der Waals surface area contributed by atoms with Crippen LogP contribution in [-0.4, -0.2) is 39.9 Å². The molecule has 31 heavy (non-hydrogen) atoms. The van der Waals surface area contributed by atoms with Crippen molar-refractivity contribution in [1.29, 1.82) is 0 Å². The van der Waals surface area contributed by atoms with Crippen LogP contribution >= 0.6 is 11.3 Å². The van der Waals surface area contributed by atoms with Crippen LogP contribution in [0.1, 0.15) is 23.0 Å². The average molecular weight is 443 g/mol. The standard InChI is InChI=1S/C20H21N5O5S/c1-11-14(19(21)27)9-16(24(11)7-6-22-12(2)26)15-10-31-20(23-15)13-4-5-18(30-3)17(8-13)25(28)29/h4-5,8-10H,6-7H2,1-3H3,(H2,21,27)(H,22,26). The first kappa shape index (κ1) is 22.0. The quantitative estimate of drug-likeness (QED) is 0.405. The number of nitro benzene ring substituents is 1. The molecule has 2 amide bonds. The van der Waals surface area contributed by atoms with Crippen molar-refractivity contribution in [3.63, 3.8) is 0 Å². The van der Waals surface area contributed by atoms with Gasteiger partial charge in [-0.05, 0) is 25.1 Å². The molecular weight excluding hydrogens is 422 g/mol. The highest BCUT2D eigenvalue weighted by molar-refractivity contribution is 7.13. The van der Waals surface area contributed by atoms with Crippen molar-refractivity contribution in [1.82, 2.24) is 14.9 Å². The van der Waals surface area contributed by atoms with E-state index in [-0.39, 0.29) is 17.3 Å². The topological polar surface area (TPSA) is 142 Å². The molecule has 0 radical (unpaired) electrons. The highest BCUT2D eigenvalue weighted by Crippen LogP contribution is 2.35. The third-order valence-electron chi connectivity index (χ3n) is 4.73. The number of hydrogen-bond acceptors (Lipinski definition) is 7. The van der Waals surface area contributed by atoms with Crippen LogP contribution in [0.25, 0.3) is 22.0 Å². The van der Waals surface area contributed by atoms with E-state index in [9.17, 15) is 19.7 Å². The number of thiazole rings is 1. The van der Waals surface area contributed by atoms with Gasteiger partial charge in [-0.3, -0.25) is 19.7 Å². The summed E-state index contributed by atoms with van der Waals surface area (Å²) in [7, 11) is 1.37. The van der Waals surface area contributed by atoms with Crippen LogP contribution in [-0.2, 0) is 11.3 Å². The van der Waals surface area contributed by atoms with Crippen molar-refractivity contribution in [3.8, 4) is 27.7 Å². The van der Waals surface area contributed by atoms with Crippen molar-refractivity contribution in [2.45, 2.75) is 20.4 Å². The van der Waals surface area contributed by atoms with Gasteiger partial charge in [0, 0.05) is 42.7 Å². The number of nitrogens with one attached hydrogen (secondary N) is 1. The van der Waals surface area contributed by atoms with E-state index in [4.69, 9.17) is 10.5 Å². The van der Waals surface area contributed by atoms with E-state index in [0.717, 1.165) is 0 Å². The lowest BCUT2D eigenvalue weighted by molar-refractivity contribution is -0.385. The number of carbonyl (C=O) groups is 2. The van der Waals surface area contributed by atoms with Crippen molar-refractivity contribution in [2.24, 2.45) is 5.73 Å². The van der Waals surface area contributed by atoms with Gasteiger partial charge in [0.05, 0.1) is 29.0 Å². The Hall–Kier alpha value is -3.73. The molecule has 3 N–H and O–H groups in total. The largest absolute Gasteiger partial charge is 0.490 e. The SMILES string of the molecule is COc1ccc(-c2nc(-c3cc(C(N)=O)c(C)n3CCNC(C)=O)cs2)cc1[N+](=O)[O-]. The number of hydrogen-bond donors (Lipinski definition) is 2. The number of nitrogens with two attached hydrogens (primary N) is 1. The molecule has 0 aliphatic carbocycles. The second kappa shape index (κ2) is 8.96. The Morgan fingerprint density at radius 1 is 1.35 bits per heavy atom. The Bertz CT molecular complexity index is 1170. The van der Waals surface area contributed by atoms with E-state index in [1.165, 1.54) is 37.5 Å². The second-order valence-corrected chi connectivity index (χ2v) is 7.57. The lowest BCUT2D eigenvalue weighted by Crippen LogP contribution is -2.25. The maximum absolute atomic E-state index is 11.8. The molecule has 0 bridgehead atoms. The second-order valence-electron chi connectivity index (χ2n) is 6.71. The highest BCUT2D eigenvalue weighted by Gasteiger charge is 2.21. The van der Waals surface area contributed by atoms with Crippen LogP contribution in [0.2, 0.25) is 0 Å². The van der Waals surface area contributed by atoms with Crippen LogP contribution in [0.3, 0.4) is 0 Å². The van der Waals surface area contributed by atoms with Gasteiger partial charge in [-0.25, -0.2) is 4.98 Å². The lowest BCUT2D eigenvalue weighted by atomic mass is 10.2. The molecule has 1 aromatic carbocycles. The molecule has 3 aromatic rings. The number of ether oxygens (including phenoxy) is 1. The predicted molar refractivity (Wildman–Crippen MR) is 116 cm³/mol. The van der Waals surface area contributed by atoms with Crippen LogP contribution in [0.5, 0.6) is 5.75 Å². The minimum absolute atomic E-state index is 0.151. The minimum atomic E-state index is -0.557. The highest BCUT2D eigenvalue weighted by atomic mass is 32.1. The normalized spacial score (nSPS) is 10.7. The first-order chi connectivity index (χ1) is 14.7. The third-order valence-corrected chi connectivity index (χ3v) is 5.62. The first-order valence-electron chi connectivity index (χ1n) is 9.26. The zero-order valence-corrected chi connectivity index (χ0v) is 18.0. The summed E-state index contributed by atoms with van der Waals surface area (Å²) < 4.78 is 6.91. The van der Waals surface area contributed by atoms with E-state index < -0.39 is 10.8 Å². The van der Waals surface area contributed by atoms with Crippen LogP contribution < -0.4 is 15.8 Å². The van der Waals surface area contributed by atoms with Gasteiger partial charge in [-0.1, -0.05) is 0 Å². The molecule has 162 valence electrons. The summed E-state index contributed by atoms with van der Waals surface area (Å²) in [6, 6.07) is 6.31. The molecule has 3 rings (SSSR count). The van der Waals surface area contributed by atoms with Crippen molar-refractivity contribution in [2.75, 3.05) is 13.7 Å². The molecule has 2 aromatic heterocycles. The third kappa shape index (κ3) is 4.56. The summed E-state index contributed by atoms with van der Waals surface area (Å²) in [4.78, 5) is 38.5. The number of primary amides is 1. The summed E-state index contributed by atoms with van der Waals surface area (Å²) in [5.74, 6) is -0.545. The molecule has 0 saturated carbocycles. The minimum Gasteiger partial charge on any atom is -0.490 e. The van der Waals surface area contributed by atoms with Gasteiger partial charge in [0.25, 0.3) is 5.91 Å². The molecule has 11 heteroatoms. The van der Waals surface area contributed by atoms with Crippen LogP contribution in [0, 0.1) is 17.0 Å². The predicted octanol–water partition coefficient (Wildman–Crippen LogP) is 2.74. The summed E-state index contributed by atoms with van der Waals surface area (Å²) >= 11 is 1.32. The molecule has 0 aliphatic rings. The molecule has 0 atom stereocenters. The summed E-state index contributed by atoms with van der Waals surface area (Å²) in [6.07, 6.45) is 0. The van der Waals surface area contributed by atoms with Gasteiger partial charge < -0.3 is 20.4 Å². The van der Waals surface area contributed by atoms with Gasteiger partial charge in [-0.15, -0.1) is 11.3 Å². The van der Waals surface area contributed by atoms with Gasteiger partial charge >= 0.3 is 5.69 Å². The fourth-order valence-electron chi connectivity index (χ4n) is 3.23. The Balaban J connectivity index is 2.01. The number of carbonyl (C=O) groups excluding carboxylic acids is 2. The number of rotatable bonds is 8. The van der Waals surface area contributed by atoms with Gasteiger partial charge in [0.2, 0.25) is 5.91 Å². The van der Waals surface area contributed by atoms with Gasteiger partial charge in [-0.2, -0.15) is 0 Å². The van der Waals surface area contributed by atoms with Crippen LogP contribution in [0.15, 0.2) is 29.6 Å². The Morgan fingerprint density at radius 2 is 2.10 bits per heavy atom. The number of benzene rings is 1. The number of methoxy groups -OCH3 is 1. The number of aromatic nitrogens is 2. The first-order valence-corrected chi connectivity index (χ1v) is 10.1. The summed E-state index contributed by atoms with van der Waals surface area (Å²) in [5.41, 5.74) is 8.23. The number of nitro groups is 1. The molecule has 0 saturated heterocycles. The Morgan fingerprint density at radius 3 is 2.71 bits per heavy atom. The van der Waals surface area contributed by atoms with Crippen molar-refractivity contribution < 1.29 is 19.2 Å². The molecule has 0 spiro atoms. The van der Waals surface area contributed by atoms with Gasteiger partial charge in [0.15, 0.2) is 5.75 Å². The fraction of sp³-hybridized carbons (Fsp3) is 0.250. The molecule has 10 nitrogen and oxygen atoms in total. The fourth-order valence-corrected chi connectivity index (χ4v) is 4.04. The Kier molecular flexibility index (Phi) is 6.35. The van der Waals surface area contributed by atoms with E-state index >= 15 is 0 Å². The molecule has 0 aliphatic heterocycles. The monoisotopic (exact) mass is 443 g/mol. The van der Waals surface area contributed by atoms with Crippen LogP contribution in [0.4, 0.5) is 5.69 Å². The van der Waals surface area contributed by atoms with Crippen molar-refractivity contribution in [3.05, 3.63) is 51.0 Å². The van der Waals surface area contributed by atoms with E-state index in [1.54, 1.807) is 24.4 Å². The summed E-state index contributed by atoms with van der Waals surface area (Å²) in [5, 5.41) is 16.4.